The molecule has 4 nitrogen and oxygen atoms in total. The summed E-state index contributed by atoms with van der Waals surface area (Å²) in [4.78, 5) is 8.52. The Morgan fingerprint density at radius 2 is 2.13 bits per heavy atom. The van der Waals surface area contributed by atoms with Crippen molar-refractivity contribution in [1.29, 1.82) is 0 Å². The van der Waals surface area contributed by atoms with Gasteiger partial charge in [-0.3, -0.25) is 9.89 Å². The maximum Gasteiger partial charge on any atom is 0.193 e. The summed E-state index contributed by atoms with van der Waals surface area (Å²) in [6.45, 7) is 4.16. The van der Waals surface area contributed by atoms with E-state index < -0.39 is 0 Å². The third kappa shape index (κ3) is 5.08. The first-order valence-corrected chi connectivity index (χ1v) is 9.04. The zero-order valence-corrected chi connectivity index (χ0v) is 14.1. The van der Waals surface area contributed by atoms with E-state index in [0.29, 0.717) is 11.9 Å². The molecule has 1 unspecified atom stereocenters. The van der Waals surface area contributed by atoms with Gasteiger partial charge in [-0.25, -0.2) is 0 Å². The van der Waals surface area contributed by atoms with E-state index in [0.717, 1.165) is 25.3 Å². The number of nitrogens with zero attached hydrogens (tertiary/aromatic N) is 2. The molecular formula is C18H24N4S. The van der Waals surface area contributed by atoms with Crippen molar-refractivity contribution >= 4 is 23.0 Å². The van der Waals surface area contributed by atoms with Gasteiger partial charge in [0.25, 0.3) is 0 Å². The first-order chi connectivity index (χ1) is 11.3. The van der Waals surface area contributed by atoms with Crippen LogP contribution in [-0.4, -0.2) is 30.5 Å². The predicted molar refractivity (Wildman–Crippen MR) is 98.9 cm³/mol. The number of thiophene rings is 1. The summed E-state index contributed by atoms with van der Waals surface area (Å²) in [5.41, 5.74) is 6.98. The lowest BCUT2D eigenvalue weighted by Gasteiger charge is -2.31. The van der Waals surface area contributed by atoms with Gasteiger partial charge in [0, 0.05) is 30.2 Å². The summed E-state index contributed by atoms with van der Waals surface area (Å²) in [5, 5.41) is 5.29. The highest BCUT2D eigenvalue weighted by atomic mass is 32.1. The number of aliphatic imine (C=N–C) groups is 1. The summed E-state index contributed by atoms with van der Waals surface area (Å²) in [7, 11) is 0. The average Bonchev–Trinajstić information content (AvgIpc) is 3.07. The van der Waals surface area contributed by atoms with Crippen molar-refractivity contribution in [2.24, 2.45) is 16.6 Å². The Kier molecular flexibility index (Phi) is 5.66. The topological polar surface area (TPSA) is 53.6 Å². The van der Waals surface area contributed by atoms with Crippen LogP contribution in [-0.2, 0) is 6.54 Å². The van der Waals surface area contributed by atoms with E-state index in [1.807, 2.05) is 41.7 Å². The number of likely N-dealkylation sites (tertiary alicyclic amines) is 1. The Labute approximate surface area is 142 Å². The molecule has 1 aromatic heterocycles. The van der Waals surface area contributed by atoms with Gasteiger partial charge >= 0.3 is 0 Å². The smallest absolute Gasteiger partial charge is 0.193 e. The third-order valence-corrected chi connectivity index (χ3v) is 4.99. The maximum absolute atomic E-state index is 5.99. The molecule has 23 heavy (non-hydrogen) atoms. The molecule has 0 radical (unpaired) electrons. The molecule has 1 atom stereocenters. The summed E-state index contributed by atoms with van der Waals surface area (Å²) in [6.07, 6.45) is 2.49. The SMILES string of the molecule is NC(=NCC1CCCN(Cc2cccs2)C1)Nc1ccccc1. The quantitative estimate of drug-likeness (QED) is 0.653. The number of rotatable bonds is 5. The van der Waals surface area contributed by atoms with Gasteiger partial charge in [-0.15, -0.1) is 11.3 Å². The lowest BCUT2D eigenvalue weighted by atomic mass is 9.98. The molecule has 0 saturated carbocycles. The van der Waals surface area contributed by atoms with Crippen LogP contribution >= 0.6 is 11.3 Å². The standard InChI is InChI=1S/C18H24N4S/c19-18(21-16-7-2-1-3-8-16)20-12-15-6-4-10-22(13-15)14-17-9-5-11-23-17/h1-3,5,7-9,11,15H,4,6,10,12-14H2,(H3,19,20,21). The van der Waals surface area contributed by atoms with Crippen LogP contribution in [0.4, 0.5) is 5.69 Å². The van der Waals surface area contributed by atoms with Gasteiger partial charge in [-0.1, -0.05) is 24.3 Å². The fourth-order valence-corrected chi connectivity index (χ4v) is 3.75. The van der Waals surface area contributed by atoms with Gasteiger partial charge in [0.1, 0.15) is 0 Å². The average molecular weight is 328 g/mol. The Balaban J connectivity index is 1.48. The van der Waals surface area contributed by atoms with Crippen molar-refractivity contribution in [3.05, 3.63) is 52.7 Å². The number of nitrogens with two attached hydrogens (primary N) is 1. The molecular weight excluding hydrogens is 304 g/mol. The lowest BCUT2D eigenvalue weighted by Crippen LogP contribution is -2.36. The van der Waals surface area contributed by atoms with Crippen molar-refractivity contribution < 1.29 is 0 Å². The number of hydrogen-bond donors (Lipinski definition) is 2. The largest absolute Gasteiger partial charge is 0.370 e. The number of para-hydroxylation sites is 1. The van der Waals surface area contributed by atoms with Gasteiger partial charge in [0.15, 0.2) is 5.96 Å². The molecule has 0 bridgehead atoms. The molecule has 0 amide bonds. The van der Waals surface area contributed by atoms with Gasteiger partial charge < -0.3 is 11.1 Å². The van der Waals surface area contributed by atoms with E-state index >= 15 is 0 Å². The summed E-state index contributed by atoms with van der Waals surface area (Å²) < 4.78 is 0. The Morgan fingerprint density at radius 1 is 1.26 bits per heavy atom. The number of piperidine rings is 1. The number of nitrogens with one attached hydrogen (secondary N) is 1. The fourth-order valence-electron chi connectivity index (χ4n) is 3.00. The highest BCUT2D eigenvalue weighted by Gasteiger charge is 2.19. The molecule has 2 aromatic rings. The van der Waals surface area contributed by atoms with Crippen molar-refractivity contribution in [2.75, 3.05) is 25.0 Å². The summed E-state index contributed by atoms with van der Waals surface area (Å²) in [5.74, 6) is 1.10. The Bertz CT molecular complexity index is 609. The van der Waals surface area contributed by atoms with Crippen LogP contribution in [0.2, 0.25) is 0 Å². The minimum atomic E-state index is 0.506. The first kappa shape index (κ1) is 16.0. The molecule has 0 aliphatic carbocycles. The van der Waals surface area contributed by atoms with Crippen molar-refractivity contribution in [3.63, 3.8) is 0 Å². The van der Waals surface area contributed by atoms with E-state index in [1.165, 1.54) is 24.3 Å². The molecule has 1 saturated heterocycles. The summed E-state index contributed by atoms with van der Waals surface area (Å²) in [6, 6.07) is 14.3. The minimum absolute atomic E-state index is 0.506. The number of anilines is 1. The second kappa shape index (κ2) is 8.13. The van der Waals surface area contributed by atoms with Crippen LogP contribution in [0.3, 0.4) is 0 Å². The second-order valence-corrected chi connectivity index (χ2v) is 7.07. The molecule has 3 rings (SSSR count). The molecule has 3 N–H and O–H groups in total. The van der Waals surface area contributed by atoms with Crippen LogP contribution in [0.5, 0.6) is 0 Å². The van der Waals surface area contributed by atoms with Crippen molar-refractivity contribution in [3.8, 4) is 0 Å². The molecule has 1 aliphatic heterocycles. The predicted octanol–water partition coefficient (Wildman–Crippen LogP) is 3.39. The molecule has 1 aromatic carbocycles. The fraction of sp³-hybridized carbons (Fsp3) is 0.389. The van der Waals surface area contributed by atoms with E-state index in [1.54, 1.807) is 0 Å². The van der Waals surface area contributed by atoms with Gasteiger partial charge in [0.05, 0.1) is 0 Å². The van der Waals surface area contributed by atoms with Crippen LogP contribution < -0.4 is 11.1 Å². The summed E-state index contributed by atoms with van der Waals surface area (Å²) >= 11 is 1.84. The van der Waals surface area contributed by atoms with Crippen LogP contribution in [0, 0.1) is 5.92 Å². The number of guanidine groups is 1. The Hall–Kier alpha value is -1.85. The minimum Gasteiger partial charge on any atom is -0.370 e. The van der Waals surface area contributed by atoms with Crippen LogP contribution in [0.25, 0.3) is 0 Å². The highest BCUT2D eigenvalue weighted by molar-refractivity contribution is 7.09. The molecule has 1 fully saturated rings. The molecule has 1 aliphatic rings. The van der Waals surface area contributed by atoms with Gasteiger partial charge in [-0.05, 0) is 48.9 Å². The molecule has 122 valence electrons. The van der Waals surface area contributed by atoms with Crippen molar-refractivity contribution in [1.82, 2.24) is 4.90 Å². The number of benzene rings is 1. The van der Waals surface area contributed by atoms with Crippen LogP contribution in [0.15, 0.2) is 52.8 Å². The lowest BCUT2D eigenvalue weighted by molar-refractivity contribution is 0.172. The molecule has 2 heterocycles. The third-order valence-electron chi connectivity index (χ3n) is 4.13. The van der Waals surface area contributed by atoms with E-state index in [2.05, 4.69) is 32.7 Å². The monoisotopic (exact) mass is 328 g/mol. The zero-order valence-electron chi connectivity index (χ0n) is 13.3. The highest BCUT2D eigenvalue weighted by Crippen LogP contribution is 2.20. The maximum atomic E-state index is 5.99. The van der Waals surface area contributed by atoms with Crippen LogP contribution in [0.1, 0.15) is 17.7 Å². The Morgan fingerprint density at radius 3 is 2.91 bits per heavy atom. The van der Waals surface area contributed by atoms with E-state index in [9.17, 15) is 0 Å². The van der Waals surface area contributed by atoms with E-state index in [-0.39, 0.29) is 0 Å². The normalized spacial score (nSPS) is 19.7. The first-order valence-electron chi connectivity index (χ1n) is 8.16. The number of hydrogen-bond acceptors (Lipinski definition) is 3. The second-order valence-electron chi connectivity index (χ2n) is 6.04. The zero-order chi connectivity index (χ0) is 15.9. The van der Waals surface area contributed by atoms with E-state index in [4.69, 9.17) is 5.73 Å². The van der Waals surface area contributed by atoms with Gasteiger partial charge in [0.2, 0.25) is 0 Å². The molecule has 5 heteroatoms. The van der Waals surface area contributed by atoms with Gasteiger partial charge in [-0.2, -0.15) is 0 Å². The van der Waals surface area contributed by atoms with Crippen molar-refractivity contribution in [2.45, 2.75) is 19.4 Å². The molecule has 0 spiro atoms.